The lowest BCUT2D eigenvalue weighted by molar-refractivity contribution is -0.186. The van der Waals surface area contributed by atoms with Crippen LogP contribution in [-0.2, 0) is 10.1 Å². The van der Waals surface area contributed by atoms with Gasteiger partial charge in [-0.2, -0.15) is 13.2 Å². The Balaban J connectivity index is 2.51. The minimum Gasteiger partial charge on any atom is -0.497 e. The number of halogens is 4. The van der Waals surface area contributed by atoms with Gasteiger partial charge in [-0.25, -0.2) is 0 Å². The van der Waals surface area contributed by atoms with E-state index in [1.165, 1.54) is 7.11 Å². The summed E-state index contributed by atoms with van der Waals surface area (Å²) >= 11 is 3.26. The second-order valence-electron chi connectivity index (χ2n) is 3.33. The van der Waals surface area contributed by atoms with Gasteiger partial charge in [0.2, 0.25) is 0 Å². The van der Waals surface area contributed by atoms with Crippen molar-refractivity contribution in [1.29, 1.82) is 0 Å². The van der Waals surface area contributed by atoms with Crippen LogP contribution in [0.3, 0.4) is 0 Å². The lowest BCUT2D eigenvalue weighted by atomic mass is 10.2. The van der Waals surface area contributed by atoms with E-state index in [1.807, 2.05) is 0 Å². The molecular weight excluding hydrogens is 317 g/mol. The minimum absolute atomic E-state index is 0.453. The lowest BCUT2D eigenvalue weighted by Crippen LogP contribution is -2.19. The molecule has 3 nitrogen and oxygen atoms in total. The van der Waals surface area contributed by atoms with Gasteiger partial charge in [0.15, 0.2) is 6.79 Å². The molecule has 0 saturated carbocycles. The molecule has 102 valence electrons. The molecule has 0 bridgehead atoms. The maximum Gasteiger partial charge on any atom is 0.411 e. The van der Waals surface area contributed by atoms with Crippen molar-refractivity contribution in [3.63, 3.8) is 0 Å². The van der Waals surface area contributed by atoms with E-state index in [0.29, 0.717) is 16.8 Å². The smallest absolute Gasteiger partial charge is 0.411 e. The van der Waals surface area contributed by atoms with Crippen LogP contribution in [0.4, 0.5) is 13.2 Å². The molecule has 0 aliphatic carbocycles. The molecule has 0 heterocycles. The van der Waals surface area contributed by atoms with Gasteiger partial charge in [0.1, 0.15) is 18.1 Å². The molecule has 0 atom stereocenters. The Morgan fingerprint density at radius 3 is 2.56 bits per heavy atom. The van der Waals surface area contributed by atoms with Crippen molar-refractivity contribution in [3.8, 4) is 11.5 Å². The molecule has 0 N–H and O–H groups in total. The third-order valence-electron chi connectivity index (χ3n) is 1.98. The zero-order valence-corrected chi connectivity index (χ0v) is 11.2. The molecule has 0 aliphatic heterocycles. The molecule has 1 aromatic carbocycles. The molecule has 0 saturated heterocycles. The molecule has 0 amide bonds. The van der Waals surface area contributed by atoms with Gasteiger partial charge in [-0.1, -0.05) is 15.9 Å². The summed E-state index contributed by atoms with van der Waals surface area (Å²) in [5.74, 6) is 1.10. The Kier molecular flexibility index (Phi) is 5.74. The number of methoxy groups -OCH3 is 1. The predicted molar refractivity (Wildman–Crippen MR) is 63.1 cm³/mol. The second-order valence-corrected chi connectivity index (χ2v) is 3.89. The molecule has 0 aromatic heterocycles. The zero-order chi connectivity index (χ0) is 13.6. The Morgan fingerprint density at radius 1 is 1.28 bits per heavy atom. The highest BCUT2D eigenvalue weighted by Gasteiger charge is 2.27. The first-order valence-electron chi connectivity index (χ1n) is 4.96. The first-order chi connectivity index (χ1) is 8.46. The molecule has 0 radical (unpaired) electrons. The number of benzene rings is 1. The Hall–Kier alpha value is -0.950. The summed E-state index contributed by atoms with van der Waals surface area (Å²) < 4.78 is 50.0. The Morgan fingerprint density at radius 2 is 2.00 bits per heavy atom. The summed E-state index contributed by atoms with van der Waals surface area (Å²) in [5.41, 5.74) is 0.768. The van der Waals surface area contributed by atoms with Crippen LogP contribution in [0.25, 0.3) is 0 Å². The van der Waals surface area contributed by atoms with Crippen LogP contribution in [0.2, 0.25) is 0 Å². The van der Waals surface area contributed by atoms with Crippen LogP contribution in [0.15, 0.2) is 18.2 Å². The number of hydrogen-bond acceptors (Lipinski definition) is 3. The fourth-order valence-corrected chi connectivity index (χ4v) is 1.63. The first kappa shape index (κ1) is 15.1. The van der Waals surface area contributed by atoms with Gasteiger partial charge in [0, 0.05) is 10.9 Å². The van der Waals surface area contributed by atoms with Gasteiger partial charge in [0.05, 0.1) is 7.11 Å². The van der Waals surface area contributed by atoms with Crippen molar-refractivity contribution in [2.24, 2.45) is 0 Å². The minimum atomic E-state index is -4.35. The monoisotopic (exact) mass is 328 g/mol. The van der Waals surface area contributed by atoms with Gasteiger partial charge in [-0.3, -0.25) is 0 Å². The summed E-state index contributed by atoms with van der Waals surface area (Å²) in [7, 11) is 1.53. The molecule has 0 unspecified atom stereocenters. The summed E-state index contributed by atoms with van der Waals surface area (Å²) in [4.78, 5) is 0. The highest BCUT2D eigenvalue weighted by molar-refractivity contribution is 9.08. The Bertz CT molecular complexity index is 382. The molecule has 18 heavy (non-hydrogen) atoms. The van der Waals surface area contributed by atoms with Crippen molar-refractivity contribution in [2.45, 2.75) is 11.5 Å². The zero-order valence-electron chi connectivity index (χ0n) is 9.59. The van der Waals surface area contributed by atoms with Gasteiger partial charge in [0.25, 0.3) is 0 Å². The average Bonchev–Trinajstić information content (AvgIpc) is 2.33. The summed E-state index contributed by atoms with van der Waals surface area (Å²) in [6.45, 7) is -1.78. The fourth-order valence-electron chi connectivity index (χ4n) is 1.19. The molecule has 1 aromatic rings. The molecule has 0 aliphatic rings. The highest BCUT2D eigenvalue weighted by Crippen LogP contribution is 2.26. The molecular formula is C11H12BrF3O3. The van der Waals surface area contributed by atoms with E-state index in [-0.39, 0.29) is 0 Å². The van der Waals surface area contributed by atoms with Crippen molar-refractivity contribution in [1.82, 2.24) is 0 Å². The Labute approximate surface area is 111 Å². The van der Waals surface area contributed by atoms with Crippen LogP contribution >= 0.6 is 15.9 Å². The van der Waals surface area contributed by atoms with Gasteiger partial charge in [-0.15, -0.1) is 0 Å². The van der Waals surface area contributed by atoms with E-state index >= 15 is 0 Å². The maximum absolute atomic E-state index is 11.8. The van der Waals surface area contributed by atoms with Crippen LogP contribution in [0, 0.1) is 0 Å². The van der Waals surface area contributed by atoms with E-state index in [0.717, 1.165) is 5.56 Å². The van der Waals surface area contributed by atoms with E-state index in [9.17, 15) is 13.2 Å². The lowest BCUT2D eigenvalue weighted by Gasteiger charge is -2.12. The normalized spacial score (nSPS) is 11.4. The van der Waals surface area contributed by atoms with E-state index in [2.05, 4.69) is 20.7 Å². The van der Waals surface area contributed by atoms with Crippen molar-refractivity contribution in [3.05, 3.63) is 23.8 Å². The fraction of sp³-hybridized carbons (Fsp3) is 0.455. The van der Waals surface area contributed by atoms with Crippen LogP contribution in [-0.4, -0.2) is 26.7 Å². The van der Waals surface area contributed by atoms with Crippen molar-refractivity contribution < 1.29 is 27.4 Å². The number of hydrogen-bond donors (Lipinski definition) is 0. The quantitative estimate of drug-likeness (QED) is 0.454. The molecule has 0 spiro atoms. The third kappa shape index (κ3) is 5.14. The SMILES string of the molecule is COc1ccc(OCOCC(F)(F)F)c(CBr)c1. The molecule has 0 fully saturated rings. The van der Waals surface area contributed by atoms with Gasteiger partial charge < -0.3 is 14.2 Å². The summed E-state index contributed by atoms with van der Waals surface area (Å²) in [6, 6.07) is 5.01. The number of ether oxygens (including phenoxy) is 3. The van der Waals surface area contributed by atoms with Gasteiger partial charge in [-0.05, 0) is 18.2 Å². The first-order valence-corrected chi connectivity index (χ1v) is 6.08. The predicted octanol–water partition coefficient (Wildman–Crippen LogP) is 3.51. The van der Waals surface area contributed by atoms with Crippen LogP contribution in [0.1, 0.15) is 5.56 Å². The summed E-state index contributed by atoms with van der Waals surface area (Å²) in [5, 5.41) is 0.499. The van der Waals surface area contributed by atoms with Crippen LogP contribution in [0.5, 0.6) is 11.5 Å². The third-order valence-corrected chi connectivity index (χ3v) is 2.58. The molecule has 7 heteroatoms. The largest absolute Gasteiger partial charge is 0.497 e. The van der Waals surface area contributed by atoms with E-state index in [4.69, 9.17) is 9.47 Å². The van der Waals surface area contributed by atoms with Crippen molar-refractivity contribution >= 4 is 15.9 Å². The number of rotatable bonds is 6. The van der Waals surface area contributed by atoms with Crippen molar-refractivity contribution in [2.75, 3.05) is 20.5 Å². The van der Waals surface area contributed by atoms with E-state index in [1.54, 1.807) is 18.2 Å². The highest BCUT2D eigenvalue weighted by atomic mass is 79.9. The number of alkyl halides is 4. The maximum atomic E-state index is 11.8. The molecule has 1 rings (SSSR count). The van der Waals surface area contributed by atoms with Crippen LogP contribution < -0.4 is 9.47 Å². The summed E-state index contributed by atoms with van der Waals surface area (Å²) in [6.07, 6.45) is -4.35. The standard InChI is InChI=1S/C11H12BrF3O3/c1-16-9-2-3-10(8(4-9)5-12)18-7-17-6-11(13,14)15/h2-4H,5-7H2,1H3. The van der Waals surface area contributed by atoms with E-state index < -0.39 is 19.6 Å². The average molecular weight is 329 g/mol. The van der Waals surface area contributed by atoms with Gasteiger partial charge >= 0.3 is 6.18 Å². The second kappa shape index (κ2) is 6.84. The topological polar surface area (TPSA) is 27.7 Å².